The summed E-state index contributed by atoms with van der Waals surface area (Å²) in [6.45, 7) is 10.5. The van der Waals surface area contributed by atoms with Crippen LogP contribution in [0.2, 0.25) is 0 Å². The number of likely N-dealkylation sites (tertiary alicyclic amines) is 1. The van der Waals surface area contributed by atoms with E-state index in [0.29, 0.717) is 30.3 Å². The molecule has 0 aromatic heterocycles. The van der Waals surface area contributed by atoms with Gasteiger partial charge in [-0.1, -0.05) is 27.7 Å². The summed E-state index contributed by atoms with van der Waals surface area (Å²) in [5, 5.41) is 3.68. The van der Waals surface area contributed by atoms with Crippen molar-refractivity contribution >= 4 is 5.91 Å². The highest BCUT2D eigenvalue weighted by molar-refractivity contribution is 5.76. The molecule has 1 aliphatic rings. The number of nitrogens with one attached hydrogen (secondary N) is 1. The molecule has 16 heavy (non-hydrogen) atoms. The fourth-order valence-electron chi connectivity index (χ4n) is 2.43. The molecule has 3 nitrogen and oxygen atoms in total. The summed E-state index contributed by atoms with van der Waals surface area (Å²) in [6.07, 6.45) is 2.90. The summed E-state index contributed by atoms with van der Waals surface area (Å²) in [7, 11) is 0. The third-order valence-corrected chi connectivity index (χ3v) is 3.54. The van der Waals surface area contributed by atoms with E-state index < -0.39 is 0 Å². The summed E-state index contributed by atoms with van der Waals surface area (Å²) in [6, 6.07) is 1.09. The van der Waals surface area contributed by atoms with Gasteiger partial charge in [0.25, 0.3) is 0 Å². The Bertz CT molecular complexity index is 228. The molecule has 1 aliphatic heterocycles. The van der Waals surface area contributed by atoms with Gasteiger partial charge in [0.1, 0.15) is 0 Å². The molecule has 0 aromatic rings. The van der Waals surface area contributed by atoms with Gasteiger partial charge >= 0.3 is 0 Å². The van der Waals surface area contributed by atoms with E-state index >= 15 is 0 Å². The van der Waals surface area contributed by atoms with Crippen LogP contribution < -0.4 is 5.32 Å². The first-order valence-corrected chi connectivity index (χ1v) is 6.62. The van der Waals surface area contributed by atoms with Gasteiger partial charge in [-0.05, 0) is 18.8 Å². The second kappa shape index (κ2) is 6.24. The van der Waals surface area contributed by atoms with Crippen LogP contribution in [0, 0.1) is 5.92 Å². The van der Waals surface area contributed by atoms with Crippen LogP contribution in [0.5, 0.6) is 0 Å². The molecule has 94 valence electrons. The third kappa shape index (κ3) is 3.48. The number of carbonyl (C=O) groups excluding carboxylic acids is 1. The van der Waals surface area contributed by atoms with Gasteiger partial charge in [0, 0.05) is 31.6 Å². The highest BCUT2D eigenvalue weighted by atomic mass is 16.2. The molecule has 1 amide bonds. The van der Waals surface area contributed by atoms with Crippen LogP contribution in [-0.2, 0) is 4.79 Å². The Labute approximate surface area is 99.6 Å². The number of rotatable bonds is 5. The average Bonchev–Trinajstić information content (AvgIpc) is 2.72. The minimum absolute atomic E-state index is 0.293. The summed E-state index contributed by atoms with van der Waals surface area (Å²) < 4.78 is 0. The predicted molar refractivity (Wildman–Crippen MR) is 67.3 cm³/mol. The molecule has 0 saturated carbocycles. The Morgan fingerprint density at radius 2 is 2.12 bits per heavy atom. The zero-order chi connectivity index (χ0) is 12.1. The average molecular weight is 226 g/mol. The lowest BCUT2D eigenvalue weighted by Crippen LogP contribution is -2.43. The quantitative estimate of drug-likeness (QED) is 0.778. The van der Waals surface area contributed by atoms with Crippen molar-refractivity contribution in [3.8, 4) is 0 Å². The van der Waals surface area contributed by atoms with Gasteiger partial charge < -0.3 is 10.2 Å². The first kappa shape index (κ1) is 13.5. The van der Waals surface area contributed by atoms with Crippen molar-refractivity contribution in [2.45, 2.75) is 59.0 Å². The molecule has 1 saturated heterocycles. The van der Waals surface area contributed by atoms with E-state index in [-0.39, 0.29) is 0 Å². The van der Waals surface area contributed by atoms with Crippen LogP contribution in [0.1, 0.15) is 47.0 Å². The van der Waals surface area contributed by atoms with E-state index in [1.54, 1.807) is 0 Å². The van der Waals surface area contributed by atoms with Gasteiger partial charge in [0.15, 0.2) is 0 Å². The molecule has 0 spiro atoms. The number of hydrogen-bond acceptors (Lipinski definition) is 2. The minimum Gasteiger partial charge on any atom is -0.341 e. The first-order chi connectivity index (χ1) is 7.58. The van der Waals surface area contributed by atoms with Crippen LogP contribution in [0.3, 0.4) is 0 Å². The summed E-state index contributed by atoms with van der Waals surface area (Å²) in [5.41, 5.74) is 0. The maximum Gasteiger partial charge on any atom is 0.222 e. The summed E-state index contributed by atoms with van der Waals surface area (Å²) >= 11 is 0. The standard InChI is InChI=1S/C13H26N2O/c1-5-12(10(3)4)14-11-7-8-15(9-11)13(16)6-2/h10-12,14H,5-9H2,1-4H3. The van der Waals surface area contributed by atoms with Gasteiger partial charge in [-0.3, -0.25) is 4.79 Å². The molecule has 1 fully saturated rings. The lowest BCUT2D eigenvalue weighted by Gasteiger charge is -2.25. The molecule has 0 aliphatic carbocycles. The van der Waals surface area contributed by atoms with Crippen LogP contribution in [0.4, 0.5) is 0 Å². The smallest absolute Gasteiger partial charge is 0.222 e. The van der Waals surface area contributed by atoms with Crippen LogP contribution in [-0.4, -0.2) is 36.0 Å². The molecule has 1 N–H and O–H groups in total. The molecule has 0 aromatic carbocycles. The van der Waals surface area contributed by atoms with Crippen molar-refractivity contribution < 1.29 is 4.79 Å². The van der Waals surface area contributed by atoms with E-state index in [0.717, 1.165) is 25.9 Å². The Morgan fingerprint density at radius 3 is 2.62 bits per heavy atom. The summed E-state index contributed by atoms with van der Waals surface area (Å²) in [4.78, 5) is 13.5. The zero-order valence-corrected chi connectivity index (χ0v) is 11.1. The van der Waals surface area contributed by atoms with Crippen LogP contribution in [0.15, 0.2) is 0 Å². The molecular formula is C13H26N2O. The van der Waals surface area contributed by atoms with Crippen molar-refractivity contribution in [3.63, 3.8) is 0 Å². The van der Waals surface area contributed by atoms with E-state index in [2.05, 4.69) is 26.1 Å². The normalized spacial score (nSPS) is 22.8. The van der Waals surface area contributed by atoms with Gasteiger partial charge in [-0.25, -0.2) is 0 Å². The van der Waals surface area contributed by atoms with Crippen molar-refractivity contribution in [2.24, 2.45) is 5.92 Å². The molecule has 3 heteroatoms. The SMILES string of the molecule is CCC(=O)N1CCC(NC(CC)C(C)C)C1. The Kier molecular flexibility index (Phi) is 5.26. The van der Waals surface area contributed by atoms with Crippen molar-refractivity contribution in [1.82, 2.24) is 10.2 Å². The van der Waals surface area contributed by atoms with Crippen molar-refractivity contribution in [3.05, 3.63) is 0 Å². The highest BCUT2D eigenvalue weighted by Gasteiger charge is 2.27. The number of amides is 1. The van der Waals surface area contributed by atoms with Gasteiger partial charge in [-0.15, -0.1) is 0 Å². The molecule has 1 rings (SSSR count). The van der Waals surface area contributed by atoms with E-state index in [1.165, 1.54) is 0 Å². The second-order valence-corrected chi connectivity index (χ2v) is 5.10. The number of hydrogen-bond donors (Lipinski definition) is 1. The van der Waals surface area contributed by atoms with Gasteiger partial charge in [0.2, 0.25) is 5.91 Å². The highest BCUT2D eigenvalue weighted by Crippen LogP contribution is 2.14. The van der Waals surface area contributed by atoms with Crippen molar-refractivity contribution in [1.29, 1.82) is 0 Å². The Balaban J connectivity index is 2.38. The first-order valence-electron chi connectivity index (χ1n) is 6.62. The zero-order valence-electron chi connectivity index (χ0n) is 11.1. The molecule has 0 radical (unpaired) electrons. The van der Waals surface area contributed by atoms with Crippen molar-refractivity contribution in [2.75, 3.05) is 13.1 Å². The maximum atomic E-state index is 11.5. The fraction of sp³-hybridized carbons (Fsp3) is 0.923. The molecule has 1 heterocycles. The lowest BCUT2D eigenvalue weighted by atomic mass is 10.0. The van der Waals surface area contributed by atoms with Crippen LogP contribution >= 0.6 is 0 Å². The largest absolute Gasteiger partial charge is 0.341 e. The molecule has 0 bridgehead atoms. The lowest BCUT2D eigenvalue weighted by molar-refractivity contribution is -0.129. The monoisotopic (exact) mass is 226 g/mol. The predicted octanol–water partition coefficient (Wildman–Crippen LogP) is 2.02. The molecular weight excluding hydrogens is 200 g/mol. The Hall–Kier alpha value is -0.570. The minimum atomic E-state index is 0.293. The van der Waals surface area contributed by atoms with E-state index in [1.807, 2.05) is 11.8 Å². The maximum absolute atomic E-state index is 11.5. The second-order valence-electron chi connectivity index (χ2n) is 5.10. The van der Waals surface area contributed by atoms with E-state index in [9.17, 15) is 4.79 Å². The van der Waals surface area contributed by atoms with Gasteiger partial charge in [-0.2, -0.15) is 0 Å². The topological polar surface area (TPSA) is 32.3 Å². The Morgan fingerprint density at radius 1 is 1.44 bits per heavy atom. The molecule has 2 atom stereocenters. The van der Waals surface area contributed by atoms with Crippen LogP contribution in [0.25, 0.3) is 0 Å². The third-order valence-electron chi connectivity index (χ3n) is 3.54. The summed E-state index contributed by atoms with van der Waals surface area (Å²) in [5.74, 6) is 0.961. The fourth-order valence-corrected chi connectivity index (χ4v) is 2.43. The van der Waals surface area contributed by atoms with E-state index in [4.69, 9.17) is 0 Å². The number of carbonyl (C=O) groups is 1. The van der Waals surface area contributed by atoms with Gasteiger partial charge in [0.05, 0.1) is 0 Å². The number of nitrogens with zero attached hydrogens (tertiary/aromatic N) is 1. The molecule has 2 unspecified atom stereocenters.